The van der Waals surface area contributed by atoms with Crippen LogP contribution in [0.15, 0.2) is 12.3 Å². The van der Waals surface area contributed by atoms with Crippen LogP contribution in [0.1, 0.15) is 11.7 Å². The molecule has 4 heteroatoms. The van der Waals surface area contributed by atoms with E-state index in [2.05, 4.69) is 17.0 Å². The lowest BCUT2D eigenvalue weighted by atomic mass is 10.2. The standard InChI is InChI=1S/C8H13N3O/c1-10-4-7-2-3-9-11(7)8(5-10)6-12/h2-3,8,12H,4-6H2,1H3. The molecule has 0 bridgehead atoms. The number of nitrogens with zero attached hydrogens (tertiary/aromatic N) is 3. The van der Waals surface area contributed by atoms with Crippen molar-refractivity contribution in [2.24, 2.45) is 0 Å². The highest BCUT2D eigenvalue weighted by molar-refractivity contribution is 5.04. The first-order valence-electron chi connectivity index (χ1n) is 4.13. The molecule has 1 aromatic heterocycles. The highest BCUT2D eigenvalue weighted by Gasteiger charge is 2.21. The Morgan fingerprint density at radius 3 is 3.33 bits per heavy atom. The van der Waals surface area contributed by atoms with Crippen molar-refractivity contribution < 1.29 is 5.11 Å². The molecule has 4 nitrogen and oxygen atoms in total. The van der Waals surface area contributed by atoms with Crippen molar-refractivity contribution in [3.8, 4) is 0 Å². The number of aliphatic hydroxyl groups excluding tert-OH is 1. The van der Waals surface area contributed by atoms with Gasteiger partial charge in [-0.05, 0) is 13.1 Å². The SMILES string of the molecule is CN1Cc2ccnn2C(CO)C1. The molecule has 2 rings (SSSR count). The Hall–Kier alpha value is -0.870. The molecule has 0 amide bonds. The maximum absolute atomic E-state index is 9.09. The lowest BCUT2D eigenvalue weighted by Gasteiger charge is -2.29. The molecule has 0 aliphatic carbocycles. The molecule has 1 aromatic rings. The summed E-state index contributed by atoms with van der Waals surface area (Å²) in [6.45, 7) is 1.97. The van der Waals surface area contributed by atoms with Gasteiger partial charge in [0, 0.05) is 19.3 Å². The lowest BCUT2D eigenvalue weighted by Crippen LogP contribution is -2.36. The van der Waals surface area contributed by atoms with Crippen LogP contribution < -0.4 is 0 Å². The second kappa shape index (κ2) is 2.88. The van der Waals surface area contributed by atoms with Gasteiger partial charge in [-0.15, -0.1) is 0 Å². The molecule has 12 heavy (non-hydrogen) atoms. The third-order valence-electron chi connectivity index (χ3n) is 2.26. The zero-order chi connectivity index (χ0) is 8.55. The quantitative estimate of drug-likeness (QED) is 0.633. The number of hydrogen-bond donors (Lipinski definition) is 1. The molecule has 66 valence electrons. The molecule has 0 saturated heterocycles. The van der Waals surface area contributed by atoms with Crippen molar-refractivity contribution in [1.29, 1.82) is 0 Å². The first-order chi connectivity index (χ1) is 5.81. The van der Waals surface area contributed by atoms with E-state index in [1.165, 1.54) is 5.69 Å². The molecule has 0 aromatic carbocycles. The Morgan fingerprint density at radius 1 is 1.75 bits per heavy atom. The van der Waals surface area contributed by atoms with Gasteiger partial charge in [-0.2, -0.15) is 5.10 Å². The Bertz CT molecular complexity index is 271. The molecular weight excluding hydrogens is 154 g/mol. The first kappa shape index (κ1) is 7.76. The molecule has 1 atom stereocenters. The zero-order valence-electron chi connectivity index (χ0n) is 7.14. The number of rotatable bonds is 1. The number of fused-ring (bicyclic) bond motifs is 1. The van der Waals surface area contributed by atoms with Crippen LogP contribution in [0.5, 0.6) is 0 Å². The molecule has 1 unspecified atom stereocenters. The largest absolute Gasteiger partial charge is 0.394 e. The number of aromatic nitrogens is 2. The van der Waals surface area contributed by atoms with E-state index in [1.807, 2.05) is 10.7 Å². The molecule has 1 aliphatic rings. The van der Waals surface area contributed by atoms with Gasteiger partial charge < -0.3 is 5.11 Å². The van der Waals surface area contributed by atoms with Gasteiger partial charge in [0.15, 0.2) is 0 Å². The van der Waals surface area contributed by atoms with E-state index < -0.39 is 0 Å². The van der Waals surface area contributed by atoms with Gasteiger partial charge in [-0.25, -0.2) is 0 Å². The van der Waals surface area contributed by atoms with Crippen LogP contribution >= 0.6 is 0 Å². The molecule has 1 N–H and O–H groups in total. The monoisotopic (exact) mass is 167 g/mol. The third-order valence-corrected chi connectivity index (χ3v) is 2.26. The van der Waals surface area contributed by atoms with Crippen LogP contribution in [-0.2, 0) is 6.54 Å². The fraction of sp³-hybridized carbons (Fsp3) is 0.625. The Balaban J connectivity index is 2.31. The van der Waals surface area contributed by atoms with E-state index in [-0.39, 0.29) is 12.6 Å². The zero-order valence-corrected chi connectivity index (χ0v) is 7.14. The highest BCUT2D eigenvalue weighted by atomic mass is 16.3. The molecule has 1 aliphatic heterocycles. The Labute approximate surface area is 71.4 Å². The maximum atomic E-state index is 9.09. The van der Waals surface area contributed by atoms with Crippen LogP contribution in [0.4, 0.5) is 0 Å². The summed E-state index contributed by atoms with van der Waals surface area (Å²) in [5.41, 5.74) is 1.18. The third kappa shape index (κ3) is 1.13. The predicted molar refractivity (Wildman–Crippen MR) is 44.7 cm³/mol. The summed E-state index contributed by atoms with van der Waals surface area (Å²) < 4.78 is 1.92. The van der Waals surface area contributed by atoms with Gasteiger partial charge in [0.25, 0.3) is 0 Å². The summed E-state index contributed by atoms with van der Waals surface area (Å²) in [5.74, 6) is 0. The summed E-state index contributed by atoms with van der Waals surface area (Å²) in [5, 5.41) is 13.3. The second-order valence-electron chi connectivity index (χ2n) is 3.30. The fourth-order valence-electron chi connectivity index (χ4n) is 1.71. The van der Waals surface area contributed by atoms with Gasteiger partial charge in [-0.3, -0.25) is 9.58 Å². The average molecular weight is 167 g/mol. The van der Waals surface area contributed by atoms with E-state index in [0.29, 0.717) is 0 Å². The van der Waals surface area contributed by atoms with Gasteiger partial charge in [0.05, 0.1) is 18.3 Å². The minimum atomic E-state index is 0.133. The van der Waals surface area contributed by atoms with Crippen LogP contribution in [-0.4, -0.2) is 40.0 Å². The molecular formula is C8H13N3O. The maximum Gasteiger partial charge on any atom is 0.0880 e. The van der Waals surface area contributed by atoms with Crippen molar-refractivity contribution in [3.05, 3.63) is 18.0 Å². The van der Waals surface area contributed by atoms with Crippen molar-refractivity contribution in [2.75, 3.05) is 20.2 Å². The van der Waals surface area contributed by atoms with E-state index in [0.717, 1.165) is 13.1 Å². The van der Waals surface area contributed by atoms with Crippen LogP contribution in [0, 0.1) is 0 Å². The van der Waals surface area contributed by atoms with Crippen molar-refractivity contribution in [3.63, 3.8) is 0 Å². The molecule has 0 fully saturated rings. The Morgan fingerprint density at radius 2 is 2.58 bits per heavy atom. The topological polar surface area (TPSA) is 41.3 Å². The van der Waals surface area contributed by atoms with Crippen molar-refractivity contribution in [1.82, 2.24) is 14.7 Å². The van der Waals surface area contributed by atoms with Crippen molar-refractivity contribution in [2.45, 2.75) is 12.6 Å². The summed E-state index contributed by atoms with van der Waals surface area (Å²) >= 11 is 0. The smallest absolute Gasteiger partial charge is 0.0880 e. The average Bonchev–Trinajstić information content (AvgIpc) is 2.50. The van der Waals surface area contributed by atoms with Crippen LogP contribution in [0.2, 0.25) is 0 Å². The van der Waals surface area contributed by atoms with Crippen LogP contribution in [0.3, 0.4) is 0 Å². The normalized spacial score (nSPS) is 24.0. The minimum absolute atomic E-state index is 0.133. The number of hydrogen-bond acceptors (Lipinski definition) is 3. The summed E-state index contributed by atoms with van der Waals surface area (Å²) in [6, 6.07) is 2.13. The van der Waals surface area contributed by atoms with E-state index in [1.54, 1.807) is 6.20 Å². The Kier molecular flexibility index (Phi) is 1.86. The van der Waals surface area contributed by atoms with Crippen LogP contribution in [0.25, 0.3) is 0 Å². The number of likely N-dealkylation sites (N-methyl/N-ethyl adjacent to an activating group) is 1. The van der Waals surface area contributed by atoms with Gasteiger partial charge in [-0.1, -0.05) is 0 Å². The lowest BCUT2D eigenvalue weighted by molar-refractivity contribution is 0.141. The predicted octanol–water partition coefficient (Wildman–Crippen LogP) is -0.138. The second-order valence-corrected chi connectivity index (χ2v) is 3.30. The summed E-state index contributed by atoms with van der Waals surface area (Å²) in [4.78, 5) is 2.19. The summed E-state index contributed by atoms with van der Waals surface area (Å²) in [6.07, 6.45) is 1.79. The van der Waals surface area contributed by atoms with E-state index in [4.69, 9.17) is 5.11 Å². The van der Waals surface area contributed by atoms with Gasteiger partial charge in [0.2, 0.25) is 0 Å². The van der Waals surface area contributed by atoms with Gasteiger partial charge in [0.1, 0.15) is 0 Å². The van der Waals surface area contributed by atoms with E-state index >= 15 is 0 Å². The highest BCUT2D eigenvalue weighted by Crippen LogP contribution is 2.17. The van der Waals surface area contributed by atoms with Gasteiger partial charge >= 0.3 is 0 Å². The molecule has 2 heterocycles. The minimum Gasteiger partial charge on any atom is -0.394 e. The molecule has 0 radical (unpaired) electrons. The first-order valence-corrected chi connectivity index (χ1v) is 4.13. The number of aliphatic hydroxyl groups is 1. The van der Waals surface area contributed by atoms with E-state index in [9.17, 15) is 0 Å². The fourth-order valence-corrected chi connectivity index (χ4v) is 1.71. The molecule has 0 saturated carbocycles. The summed E-state index contributed by atoms with van der Waals surface area (Å²) in [7, 11) is 2.05. The van der Waals surface area contributed by atoms with Crippen molar-refractivity contribution >= 4 is 0 Å². The molecule has 0 spiro atoms.